The summed E-state index contributed by atoms with van der Waals surface area (Å²) >= 11 is 0. The van der Waals surface area contributed by atoms with Crippen LogP contribution in [0.1, 0.15) is 6.92 Å². The van der Waals surface area contributed by atoms with Crippen molar-refractivity contribution in [3.63, 3.8) is 0 Å². The molecule has 0 aromatic heterocycles. The van der Waals surface area contributed by atoms with E-state index in [-0.39, 0.29) is 6.03 Å². The number of carbonyl (C=O) groups is 1. The highest BCUT2D eigenvalue weighted by atomic mass is 32.2. The van der Waals surface area contributed by atoms with Gasteiger partial charge in [-0.05, 0) is 6.92 Å². The van der Waals surface area contributed by atoms with Crippen LogP contribution in [0.15, 0.2) is 0 Å². The lowest BCUT2D eigenvalue weighted by Crippen LogP contribution is -2.28. The molecule has 0 saturated carbocycles. The molecular weight excluding hydrogens is 265 g/mol. The van der Waals surface area contributed by atoms with Crippen LogP contribution in [0.4, 0.5) is 18.0 Å². The third-order valence-electron chi connectivity index (χ3n) is 1.98. The quantitative estimate of drug-likeness (QED) is 0.567. The summed E-state index contributed by atoms with van der Waals surface area (Å²) in [6.07, 6.45) is 0. The fourth-order valence-corrected chi connectivity index (χ4v) is 0.997. The SMILES string of the molecule is CCN1CCN(C)C1=O.O=S(=O)(O)C(F)(F)F. The van der Waals surface area contributed by atoms with Gasteiger partial charge in [-0.3, -0.25) is 4.55 Å². The highest BCUT2D eigenvalue weighted by Crippen LogP contribution is 2.20. The Morgan fingerprint density at radius 2 is 1.76 bits per heavy atom. The van der Waals surface area contributed by atoms with Gasteiger partial charge in [0.1, 0.15) is 0 Å². The molecule has 0 aromatic carbocycles. The summed E-state index contributed by atoms with van der Waals surface area (Å²) in [5, 5.41) is 0. The minimum atomic E-state index is -5.84. The normalized spacial score (nSPS) is 16.9. The molecule has 1 rings (SSSR count). The van der Waals surface area contributed by atoms with Gasteiger partial charge in [0.05, 0.1) is 0 Å². The van der Waals surface area contributed by atoms with Crippen molar-refractivity contribution < 1.29 is 30.9 Å². The number of hydrogen-bond acceptors (Lipinski definition) is 3. The second-order valence-electron chi connectivity index (χ2n) is 3.20. The summed E-state index contributed by atoms with van der Waals surface area (Å²) in [7, 11) is -4.01. The first-order valence-corrected chi connectivity index (χ1v) is 5.98. The number of nitrogens with zero attached hydrogens (tertiary/aromatic N) is 2. The lowest BCUT2D eigenvalue weighted by atomic mass is 10.6. The Kier molecular flexibility index (Phi) is 5.20. The molecule has 0 atom stereocenters. The average molecular weight is 278 g/mol. The fraction of sp³-hybridized carbons (Fsp3) is 0.857. The maximum atomic E-state index is 11.0. The number of amides is 2. The Bertz CT molecular complexity index is 368. The van der Waals surface area contributed by atoms with Crippen LogP contribution in [0.25, 0.3) is 0 Å². The maximum absolute atomic E-state index is 11.0. The molecule has 2 amide bonds. The van der Waals surface area contributed by atoms with Crippen molar-refractivity contribution >= 4 is 16.1 Å². The molecule has 1 fully saturated rings. The van der Waals surface area contributed by atoms with Crippen LogP contribution >= 0.6 is 0 Å². The van der Waals surface area contributed by atoms with Gasteiger partial charge in [-0.1, -0.05) is 0 Å². The Balaban J connectivity index is 0.000000304. The second kappa shape index (κ2) is 5.54. The van der Waals surface area contributed by atoms with Crippen molar-refractivity contribution in [3.8, 4) is 0 Å². The van der Waals surface area contributed by atoms with E-state index in [4.69, 9.17) is 13.0 Å². The predicted molar refractivity (Wildman–Crippen MR) is 52.9 cm³/mol. The van der Waals surface area contributed by atoms with Crippen molar-refractivity contribution in [2.45, 2.75) is 12.4 Å². The van der Waals surface area contributed by atoms with E-state index >= 15 is 0 Å². The van der Waals surface area contributed by atoms with Crippen molar-refractivity contribution in [2.24, 2.45) is 0 Å². The van der Waals surface area contributed by atoms with Gasteiger partial charge in [-0.2, -0.15) is 21.6 Å². The first-order chi connectivity index (χ1) is 7.50. The minimum Gasteiger partial charge on any atom is -0.326 e. The van der Waals surface area contributed by atoms with E-state index in [0.29, 0.717) is 0 Å². The summed E-state index contributed by atoms with van der Waals surface area (Å²) in [5.41, 5.74) is -5.53. The number of rotatable bonds is 1. The molecule has 0 bridgehead atoms. The standard InChI is InChI=1S/C6H12N2O.CHF3O3S/c1-3-8-5-4-7(2)6(8)9;2-1(3,4)8(5,6)7/h3-5H2,1-2H3;(H,5,6,7). The van der Waals surface area contributed by atoms with Crippen LogP contribution < -0.4 is 0 Å². The van der Waals surface area contributed by atoms with Gasteiger partial charge in [-0.25, -0.2) is 4.79 Å². The number of hydrogen-bond donors (Lipinski definition) is 1. The summed E-state index contributed by atoms with van der Waals surface area (Å²) in [4.78, 5) is 14.6. The van der Waals surface area contributed by atoms with Gasteiger partial charge < -0.3 is 9.80 Å². The fourth-order valence-electron chi connectivity index (χ4n) is 0.997. The molecule has 0 aliphatic carbocycles. The van der Waals surface area contributed by atoms with E-state index < -0.39 is 15.6 Å². The molecule has 0 spiro atoms. The zero-order valence-corrected chi connectivity index (χ0v) is 10.0. The van der Waals surface area contributed by atoms with Crippen LogP contribution in [0.2, 0.25) is 0 Å². The molecular formula is C7H13F3N2O4S. The highest BCUT2D eigenvalue weighted by molar-refractivity contribution is 7.86. The highest BCUT2D eigenvalue weighted by Gasteiger charge is 2.44. The number of urea groups is 1. The largest absolute Gasteiger partial charge is 0.522 e. The molecule has 1 saturated heterocycles. The molecule has 17 heavy (non-hydrogen) atoms. The molecule has 1 aliphatic rings. The van der Waals surface area contributed by atoms with E-state index in [9.17, 15) is 18.0 Å². The third-order valence-corrected chi connectivity index (χ3v) is 2.56. The number of alkyl halides is 3. The molecule has 1 aliphatic heterocycles. The summed E-state index contributed by atoms with van der Waals surface area (Å²) < 4.78 is 57.5. The molecule has 1 heterocycles. The molecule has 6 nitrogen and oxygen atoms in total. The van der Waals surface area contributed by atoms with Crippen LogP contribution in [-0.2, 0) is 10.1 Å². The predicted octanol–water partition coefficient (Wildman–Crippen LogP) is 0.768. The van der Waals surface area contributed by atoms with E-state index in [1.54, 1.807) is 4.90 Å². The van der Waals surface area contributed by atoms with Gasteiger partial charge in [0.2, 0.25) is 0 Å². The number of halogens is 3. The van der Waals surface area contributed by atoms with Crippen LogP contribution in [0.3, 0.4) is 0 Å². The minimum absolute atomic E-state index is 0.164. The van der Waals surface area contributed by atoms with Gasteiger partial charge in [0.25, 0.3) is 0 Å². The van der Waals surface area contributed by atoms with Crippen LogP contribution in [0, 0.1) is 0 Å². The first-order valence-electron chi connectivity index (χ1n) is 4.54. The molecule has 0 radical (unpaired) electrons. The number of carbonyl (C=O) groups excluding carboxylic acids is 1. The lowest BCUT2D eigenvalue weighted by Gasteiger charge is -2.11. The van der Waals surface area contributed by atoms with Gasteiger partial charge in [0, 0.05) is 26.7 Å². The molecule has 10 heteroatoms. The second-order valence-corrected chi connectivity index (χ2v) is 4.62. The Labute approximate surface area is 96.7 Å². The van der Waals surface area contributed by atoms with Crippen molar-refractivity contribution in [1.82, 2.24) is 9.80 Å². The Hall–Kier alpha value is -1.03. The lowest BCUT2D eigenvalue weighted by molar-refractivity contribution is -0.0510. The molecule has 0 aromatic rings. The van der Waals surface area contributed by atoms with Crippen molar-refractivity contribution in [1.29, 1.82) is 0 Å². The summed E-state index contributed by atoms with van der Waals surface area (Å²) in [5.74, 6) is 0. The van der Waals surface area contributed by atoms with E-state index in [1.165, 1.54) is 0 Å². The Morgan fingerprint density at radius 1 is 1.35 bits per heavy atom. The van der Waals surface area contributed by atoms with E-state index in [1.807, 2.05) is 18.9 Å². The van der Waals surface area contributed by atoms with Gasteiger partial charge in [-0.15, -0.1) is 0 Å². The van der Waals surface area contributed by atoms with Crippen molar-refractivity contribution in [2.75, 3.05) is 26.7 Å². The monoisotopic (exact) mass is 278 g/mol. The average Bonchev–Trinajstić information content (AvgIpc) is 2.45. The zero-order chi connectivity index (χ0) is 13.9. The van der Waals surface area contributed by atoms with Gasteiger partial charge >= 0.3 is 21.7 Å². The van der Waals surface area contributed by atoms with Crippen LogP contribution in [-0.4, -0.2) is 61.0 Å². The smallest absolute Gasteiger partial charge is 0.326 e. The molecule has 102 valence electrons. The van der Waals surface area contributed by atoms with Crippen LogP contribution in [0.5, 0.6) is 0 Å². The Morgan fingerprint density at radius 3 is 1.88 bits per heavy atom. The van der Waals surface area contributed by atoms with E-state index in [0.717, 1.165) is 19.6 Å². The van der Waals surface area contributed by atoms with Crippen molar-refractivity contribution in [3.05, 3.63) is 0 Å². The zero-order valence-electron chi connectivity index (χ0n) is 9.23. The number of likely N-dealkylation sites (N-methyl/N-ethyl adjacent to an activating group) is 2. The van der Waals surface area contributed by atoms with E-state index in [2.05, 4.69) is 0 Å². The topological polar surface area (TPSA) is 77.9 Å². The van der Waals surface area contributed by atoms with Gasteiger partial charge in [0.15, 0.2) is 0 Å². The molecule has 0 unspecified atom stereocenters. The first kappa shape index (κ1) is 16.0. The summed E-state index contributed by atoms with van der Waals surface area (Å²) in [6, 6.07) is 0.164. The molecule has 1 N–H and O–H groups in total. The third kappa shape index (κ3) is 4.77. The summed E-state index contributed by atoms with van der Waals surface area (Å²) in [6.45, 7) is 4.61. The maximum Gasteiger partial charge on any atom is 0.522 e.